The highest BCUT2D eigenvalue weighted by Crippen LogP contribution is 2.17. The Morgan fingerprint density at radius 2 is 1.69 bits per heavy atom. The fourth-order valence-electron chi connectivity index (χ4n) is 3.50. The van der Waals surface area contributed by atoms with E-state index in [1.54, 1.807) is 12.1 Å². The molecular formula is C19H22N3O4-. The summed E-state index contributed by atoms with van der Waals surface area (Å²) in [7, 11) is 0. The van der Waals surface area contributed by atoms with Crippen LogP contribution in [-0.2, 0) is 11.3 Å². The third-order valence-electron chi connectivity index (χ3n) is 4.82. The van der Waals surface area contributed by atoms with Crippen molar-refractivity contribution in [1.29, 1.82) is 0 Å². The number of nitrogens with one attached hydrogen (secondary N) is 1. The Kier molecular flexibility index (Phi) is 5.65. The van der Waals surface area contributed by atoms with E-state index in [2.05, 4.69) is 10.4 Å². The molecule has 1 aliphatic carbocycles. The van der Waals surface area contributed by atoms with Crippen LogP contribution in [0.5, 0.6) is 0 Å². The van der Waals surface area contributed by atoms with E-state index in [0.717, 1.165) is 30.4 Å². The molecule has 7 heteroatoms. The fraction of sp³-hybridized carbons (Fsp3) is 0.474. The van der Waals surface area contributed by atoms with E-state index in [9.17, 15) is 19.5 Å². The number of amides is 1. The predicted octanol–water partition coefficient (Wildman–Crippen LogP) is 0.989. The summed E-state index contributed by atoms with van der Waals surface area (Å²) in [6.07, 6.45) is 7.59. The highest BCUT2D eigenvalue weighted by atomic mass is 16.4. The lowest BCUT2D eigenvalue weighted by Gasteiger charge is -2.21. The number of hydrogen-bond acceptors (Lipinski definition) is 5. The Hall–Kier alpha value is -2.70. The molecule has 0 saturated heterocycles. The Morgan fingerprint density at radius 1 is 1.08 bits per heavy atom. The number of nitrogens with zero attached hydrogens (tertiary/aromatic N) is 2. The number of carbonyl (C=O) groups is 2. The van der Waals surface area contributed by atoms with Crippen LogP contribution in [-0.4, -0.2) is 27.7 Å². The van der Waals surface area contributed by atoms with E-state index in [1.807, 2.05) is 0 Å². The molecule has 0 unspecified atom stereocenters. The highest BCUT2D eigenvalue weighted by Gasteiger charge is 2.17. The lowest BCUT2D eigenvalue weighted by atomic mass is 9.97. The van der Waals surface area contributed by atoms with E-state index in [-0.39, 0.29) is 35.0 Å². The van der Waals surface area contributed by atoms with E-state index in [4.69, 9.17) is 0 Å². The van der Waals surface area contributed by atoms with Crippen molar-refractivity contribution in [1.82, 2.24) is 15.1 Å². The van der Waals surface area contributed by atoms with Crippen molar-refractivity contribution >= 4 is 22.6 Å². The first-order valence-electron chi connectivity index (χ1n) is 9.07. The molecule has 3 rings (SSSR count). The Balaban J connectivity index is 1.81. The summed E-state index contributed by atoms with van der Waals surface area (Å²) < 4.78 is 0.908. The van der Waals surface area contributed by atoms with Gasteiger partial charge in [-0.2, -0.15) is 5.10 Å². The molecule has 1 N–H and O–H groups in total. The molecule has 0 radical (unpaired) electrons. The third kappa shape index (κ3) is 4.09. The van der Waals surface area contributed by atoms with Crippen molar-refractivity contribution in [3.05, 3.63) is 40.3 Å². The zero-order valence-corrected chi connectivity index (χ0v) is 14.6. The first-order valence-corrected chi connectivity index (χ1v) is 9.07. The quantitative estimate of drug-likeness (QED) is 0.880. The van der Waals surface area contributed by atoms with Gasteiger partial charge in [0.15, 0.2) is 0 Å². The minimum absolute atomic E-state index is 0.0968. The maximum absolute atomic E-state index is 12.5. The summed E-state index contributed by atoms with van der Waals surface area (Å²) >= 11 is 0. The number of hydrogen-bond donors (Lipinski definition) is 1. The molecule has 1 aliphatic rings. The summed E-state index contributed by atoms with van der Waals surface area (Å²) in [5.41, 5.74) is -0.822. The highest BCUT2D eigenvalue weighted by molar-refractivity contribution is 6.00. The monoisotopic (exact) mass is 356 g/mol. The number of carboxylic acid groups (broad SMARTS) is 1. The van der Waals surface area contributed by atoms with E-state index >= 15 is 0 Å². The molecule has 0 atom stereocenters. The number of carbonyl (C=O) groups excluding carboxylic acids is 2. The minimum atomic E-state index is -1.48. The van der Waals surface area contributed by atoms with E-state index in [0.29, 0.717) is 0 Å². The van der Waals surface area contributed by atoms with Crippen molar-refractivity contribution in [2.75, 3.05) is 0 Å². The first-order chi connectivity index (χ1) is 12.6. The molecule has 1 fully saturated rings. The van der Waals surface area contributed by atoms with Crippen LogP contribution in [0.4, 0.5) is 0 Å². The van der Waals surface area contributed by atoms with Gasteiger partial charge in [0.25, 0.3) is 5.56 Å². The van der Waals surface area contributed by atoms with Crippen molar-refractivity contribution in [2.45, 2.75) is 57.5 Å². The Labute approximate surface area is 151 Å². The zero-order valence-electron chi connectivity index (χ0n) is 14.6. The van der Waals surface area contributed by atoms with Gasteiger partial charge in [-0.3, -0.25) is 9.59 Å². The van der Waals surface area contributed by atoms with Gasteiger partial charge >= 0.3 is 0 Å². The van der Waals surface area contributed by atoms with Crippen LogP contribution in [0.1, 0.15) is 55.4 Å². The van der Waals surface area contributed by atoms with Gasteiger partial charge in [0.05, 0.1) is 11.4 Å². The second-order valence-electron chi connectivity index (χ2n) is 6.75. The number of fused-ring (bicyclic) bond motifs is 1. The van der Waals surface area contributed by atoms with Gasteiger partial charge in [-0.15, -0.1) is 0 Å². The van der Waals surface area contributed by atoms with Crippen LogP contribution in [0, 0.1) is 0 Å². The molecule has 1 aromatic heterocycles. The topological polar surface area (TPSA) is 104 Å². The largest absolute Gasteiger partial charge is 0.543 e. The smallest absolute Gasteiger partial charge is 0.275 e. The molecule has 1 amide bonds. The van der Waals surface area contributed by atoms with Gasteiger partial charge in [-0.1, -0.05) is 50.3 Å². The summed E-state index contributed by atoms with van der Waals surface area (Å²) in [6, 6.07) is 6.39. The van der Waals surface area contributed by atoms with Gasteiger partial charge in [-0.25, -0.2) is 4.68 Å². The molecular weight excluding hydrogens is 334 g/mol. The lowest BCUT2D eigenvalue weighted by molar-refractivity contribution is -0.255. The first kappa shape index (κ1) is 18.1. The molecule has 1 aromatic carbocycles. The molecule has 0 bridgehead atoms. The van der Waals surface area contributed by atoms with Crippen LogP contribution in [0.3, 0.4) is 0 Å². The zero-order chi connectivity index (χ0) is 18.5. The number of benzene rings is 1. The predicted molar refractivity (Wildman–Crippen MR) is 94.6 cm³/mol. The standard InChI is InChI=1S/C19H23N3O4/c23-16(20-13-8-4-2-1-3-5-9-13)12-22-18(24)15-11-7-6-10-14(15)17(21-22)19(25)26/h6-7,10-11,13H,1-5,8-9,12H2,(H,20,23)(H,25,26)/p-1. The SMILES string of the molecule is O=C(Cn1nc(C(=O)[O-])c2ccccc2c1=O)NC1CCCCCCC1. The van der Waals surface area contributed by atoms with Crippen LogP contribution in [0.2, 0.25) is 0 Å². The average molecular weight is 356 g/mol. The van der Waals surface area contributed by atoms with Gasteiger partial charge in [-0.05, 0) is 18.9 Å². The Morgan fingerprint density at radius 3 is 2.35 bits per heavy atom. The van der Waals surface area contributed by atoms with Crippen molar-refractivity contribution in [2.24, 2.45) is 0 Å². The molecule has 2 aromatic rings. The fourth-order valence-corrected chi connectivity index (χ4v) is 3.50. The molecule has 1 saturated carbocycles. The molecule has 138 valence electrons. The Bertz CT molecular complexity index is 867. The summed E-state index contributed by atoms with van der Waals surface area (Å²) in [5, 5.41) is 18.6. The van der Waals surface area contributed by atoms with Crippen LogP contribution in [0.25, 0.3) is 10.8 Å². The third-order valence-corrected chi connectivity index (χ3v) is 4.82. The van der Waals surface area contributed by atoms with Crippen molar-refractivity contribution in [3.8, 4) is 0 Å². The number of carboxylic acids is 1. The summed E-state index contributed by atoms with van der Waals surface area (Å²) in [4.78, 5) is 36.3. The van der Waals surface area contributed by atoms with Crippen LogP contribution < -0.4 is 16.0 Å². The maximum atomic E-state index is 12.5. The van der Waals surface area contributed by atoms with Crippen molar-refractivity contribution < 1.29 is 14.7 Å². The second kappa shape index (κ2) is 8.12. The van der Waals surface area contributed by atoms with Gasteiger partial charge < -0.3 is 15.2 Å². The molecule has 7 nitrogen and oxygen atoms in total. The van der Waals surface area contributed by atoms with Crippen LogP contribution in [0.15, 0.2) is 29.1 Å². The number of aromatic carboxylic acids is 1. The van der Waals surface area contributed by atoms with E-state index in [1.165, 1.54) is 31.4 Å². The van der Waals surface area contributed by atoms with Gasteiger partial charge in [0, 0.05) is 11.4 Å². The summed E-state index contributed by atoms with van der Waals surface area (Å²) in [6.45, 7) is -0.305. The van der Waals surface area contributed by atoms with Gasteiger partial charge in [0.2, 0.25) is 5.91 Å². The van der Waals surface area contributed by atoms with Crippen LogP contribution >= 0.6 is 0 Å². The van der Waals surface area contributed by atoms with E-state index < -0.39 is 11.5 Å². The minimum Gasteiger partial charge on any atom is -0.543 e. The van der Waals surface area contributed by atoms with Gasteiger partial charge in [0.1, 0.15) is 12.2 Å². The molecule has 0 spiro atoms. The second-order valence-corrected chi connectivity index (χ2v) is 6.75. The summed E-state index contributed by atoms with van der Waals surface area (Å²) in [5.74, 6) is -1.81. The molecule has 0 aliphatic heterocycles. The lowest BCUT2D eigenvalue weighted by Crippen LogP contribution is -2.40. The average Bonchev–Trinajstić information content (AvgIpc) is 2.59. The number of aromatic nitrogens is 2. The molecule has 1 heterocycles. The number of rotatable bonds is 4. The van der Waals surface area contributed by atoms with Crippen molar-refractivity contribution in [3.63, 3.8) is 0 Å². The molecule has 26 heavy (non-hydrogen) atoms. The normalized spacial score (nSPS) is 16.0. The maximum Gasteiger partial charge on any atom is 0.275 e.